The smallest absolute Gasteiger partial charge is 0.357 e. The van der Waals surface area contributed by atoms with Gasteiger partial charge in [-0.1, -0.05) is 42.5 Å². The van der Waals surface area contributed by atoms with Crippen molar-refractivity contribution in [1.29, 1.82) is 0 Å². The Bertz CT molecular complexity index is 909. The van der Waals surface area contributed by atoms with E-state index in [1.807, 2.05) is 60.7 Å². The van der Waals surface area contributed by atoms with Crippen LogP contribution in [0.2, 0.25) is 0 Å². The molecule has 1 amide bonds. The third kappa shape index (κ3) is 3.66. The van der Waals surface area contributed by atoms with Crippen LogP contribution in [-0.2, 0) is 9.53 Å². The van der Waals surface area contributed by atoms with Gasteiger partial charge >= 0.3 is 5.97 Å². The van der Waals surface area contributed by atoms with E-state index in [0.717, 1.165) is 11.1 Å². The van der Waals surface area contributed by atoms with Crippen molar-refractivity contribution in [2.45, 2.75) is 13.0 Å². The Morgan fingerprint density at radius 1 is 0.960 bits per heavy atom. The number of hydrogen-bond acceptors (Lipinski definition) is 4. The fourth-order valence-electron chi connectivity index (χ4n) is 2.50. The maximum atomic E-state index is 12.5. The fraction of sp³-hybridized carbons (Fsp3) is 0.150. The van der Waals surface area contributed by atoms with Crippen molar-refractivity contribution < 1.29 is 14.3 Å². The summed E-state index contributed by atoms with van der Waals surface area (Å²) in [5, 5.41) is 0.937. The number of nitrogens with zero attached hydrogens (tertiary/aromatic N) is 2. The molecule has 0 spiro atoms. The summed E-state index contributed by atoms with van der Waals surface area (Å²) in [6, 6.07) is 20.1. The van der Waals surface area contributed by atoms with Crippen molar-refractivity contribution in [3.8, 4) is 0 Å². The molecule has 126 valence electrons. The van der Waals surface area contributed by atoms with E-state index in [9.17, 15) is 9.59 Å². The van der Waals surface area contributed by atoms with Gasteiger partial charge in [-0.25, -0.2) is 9.78 Å². The summed E-state index contributed by atoms with van der Waals surface area (Å²) in [7, 11) is 1.65. The van der Waals surface area contributed by atoms with Gasteiger partial charge in [-0.2, -0.15) is 0 Å². The van der Waals surface area contributed by atoms with Crippen LogP contribution in [0, 0.1) is 0 Å². The zero-order valence-electron chi connectivity index (χ0n) is 14.0. The number of carbonyl (C=O) groups excluding carboxylic acids is 2. The van der Waals surface area contributed by atoms with Crippen molar-refractivity contribution in [1.82, 2.24) is 4.98 Å². The Kier molecular flexibility index (Phi) is 4.75. The third-order valence-corrected chi connectivity index (χ3v) is 3.91. The molecule has 0 radical (unpaired) electrons. The van der Waals surface area contributed by atoms with Gasteiger partial charge in [0.15, 0.2) is 6.10 Å². The van der Waals surface area contributed by atoms with Gasteiger partial charge in [0, 0.05) is 18.1 Å². The monoisotopic (exact) mass is 334 g/mol. The van der Waals surface area contributed by atoms with Gasteiger partial charge in [-0.05, 0) is 31.2 Å². The van der Waals surface area contributed by atoms with Crippen LogP contribution in [0.5, 0.6) is 0 Å². The van der Waals surface area contributed by atoms with E-state index in [1.54, 1.807) is 20.0 Å². The second kappa shape index (κ2) is 7.13. The van der Waals surface area contributed by atoms with E-state index in [4.69, 9.17) is 4.74 Å². The number of esters is 1. The minimum Gasteiger partial charge on any atom is -0.448 e. The highest BCUT2D eigenvalue weighted by molar-refractivity contribution is 5.98. The number of ether oxygens (including phenoxy) is 1. The molecule has 0 aliphatic rings. The molecule has 1 atom stereocenters. The van der Waals surface area contributed by atoms with Crippen LogP contribution in [0.15, 0.2) is 66.7 Å². The van der Waals surface area contributed by atoms with Gasteiger partial charge in [0.25, 0.3) is 5.91 Å². The van der Waals surface area contributed by atoms with Crippen molar-refractivity contribution in [3.63, 3.8) is 0 Å². The Balaban J connectivity index is 1.71. The molecule has 0 unspecified atom stereocenters. The molecule has 0 aliphatic heterocycles. The summed E-state index contributed by atoms with van der Waals surface area (Å²) in [6.07, 6.45) is -0.911. The second-order valence-electron chi connectivity index (χ2n) is 5.67. The molecule has 5 nitrogen and oxygen atoms in total. The number of amides is 1. The van der Waals surface area contributed by atoms with Gasteiger partial charge in [0.05, 0.1) is 5.52 Å². The quantitative estimate of drug-likeness (QED) is 0.686. The number of anilines is 1. The summed E-state index contributed by atoms with van der Waals surface area (Å²) in [5.74, 6) is -0.923. The largest absolute Gasteiger partial charge is 0.448 e. The number of likely N-dealkylation sites (N-methyl/N-ethyl adjacent to an activating group) is 1. The predicted molar refractivity (Wildman–Crippen MR) is 96.5 cm³/mol. The van der Waals surface area contributed by atoms with Gasteiger partial charge in [0.2, 0.25) is 0 Å². The molecule has 0 saturated carbocycles. The minimum absolute atomic E-state index is 0.181. The molecule has 0 aliphatic carbocycles. The van der Waals surface area contributed by atoms with Crippen LogP contribution < -0.4 is 4.90 Å². The standard InChI is InChI=1S/C20H18N2O3/c1-14(19(23)22(2)16-9-4-3-5-10-16)25-20(24)18-13-12-15-8-6-7-11-17(15)21-18/h3-14H,1-2H3/t14-/m0/s1. The first kappa shape index (κ1) is 16.6. The van der Waals surface area contributed by atoms with Crippen molar-refractivity contribution in [2.24, 2.45) is 0 Å². The van der Waals surface area contributed by atoms with Crippen LogP contribution in [0.4, 0.5) is 5.69 Å². The zero-order valence-corrected chi connectivity index (χ0v) is 14.0. The first-order valence-corrected chi connectivity index (χ1v) is 7.95. The van der Waals surface area contributed by atoms with Crippen LogP contribution >= 0.6 is 0 Å². The van der Waals surface area contributed by atoms with Crippen molar-refractivity contribution in [3.05, 3.63) is 72.4 Å². The minimum atomic E-state index is -0.911. The van der Waals surface area contributed by atoms with Gasteiger partial charge in [-0.15, -0.1) is 0 Å². The summed E-state index contributed by atoms with van der Waals surface area (Å²) < 4.78 is 5.30. The first-order chi connectivity index (χ1) is 12.1. The summed E-state index contributed by atoms with van der Waals surface area (Å²) in [6.45, 7) is 1.56. The number of benzene rings is 2. The molecule has 3 rings (SSSR count). The average molecular weight is 334 g/mol. The van der Waals surface area contributed by atoms with Crippen LogP contribution in [0.1, 0.15) is 17.4 Å². The second-order valence-corrected chi connectivity index (χ2v) is 5.67. The number of carbonyl (C=O) groups is 2. The molecule has 5 heteroatoms. The number of rotatable bonds is 4. The highest BCUT2D eigenvalue weighted by Gasteiger charge is 2.23. The summed E-state index contributed by atoms with van der Waals surface area (Å²) >= 11 is 0. The molecular weight excluding hydrogens is 316 g/mol. The Morgan fingerprint density at radius 2 is 1.64 bits per heavy atom. The van der Waals surface area contributed by atoms with Crippen LogP contribution in [0.25, 0.3) is 10.9 Å². The SMILES string of the molecule is C[C@H](OC(=O)c1ccc2ccccc2n1)C(=O)N(C)c1ccccc1. The molecule has 0 bridgehead atoms. The highest BCUT2D eigenvalue weighted by Crippen LogP contribution is 2.15. The van der Waals surface area contributed by atoms with Crippen molar-refractivity contribution in [2.75, 3.05) is 11.9 Å². The zero-order chi connectivity index (χ0) is 17.8. The molecule has 1 heterocycles. The third-order valence-electron chi connectivity index (χ3n) is 3.91. The molecule has 3 aromatic rings. The maximum Gasteiger partial charge on any atom is 0.357 e. The van der Waals surface area contributed by atoms with Gasteiger partial charge < -0.3 is 9.64 Å². The fourth-order valence-corrected chi connectivity index (χ4v) is 2.50. The first-order valence-electron chi connectivity index (χ1n) is 7.95. The van der Waals surface area contributed by atoms with Crippen molar-refractivity contribution >= 4 is 28.5 Å². The van der Waals surface area contributed by atoms with Crippen LogP contribution in [0.3, 0.4) is 0 Å². The number of pyridine rings is 1. The lowest BCUT2D eigenvalue weighted by atomic mass is 10.2. The Hall–Kier alpha value is -3.21. The number of fused-ring (bicyclic) bond motifs is 1. The van der Waals surface area contributed by atoms with E-state index in [1.165, 1.54) is 4.90 Å². The Labute approximate surface area is 145 Å². The lowest BCUT2D eigenvalue weighted by molar-refractivity contribution is -0.126. The highest BCUT2D eigenvalue weighted by atomic mass is 16.5. The van der Waals surface area contributed by atoms with E-state index in [2.05, 4.69) is 4.98 Å². The van der Waals surface area contributed by atoms with Gasteiger partial charge in [0.1, 0.15) is 5.69 Å². The number of aromatic nitrogens is 1. The molecule has 0 N–H and O–H groups in total. The van der Waals surface area contributed by atoms with Crippen LogP contribution in [-0.4, -0.2) is 30.0 Å². The normalized spacial score (nSPS) is 11.8. The number of para-hydroxylation sites is 2. The topological polar surface area (TPSA) is 59.5 Å². The molecular formula is C20H18N2O3. The summed E-state index contributed by atoms with van der Waals surface area (Å²) in [4.78, 5) is 30.5. The predicted octanol–water partition coefficient (Wildman–Crippen LogP) is 3.44. The molecule has 1 aromatic heterocycles. The van der Waals surface area contributed by atoms with E-state index < -0.39 is 12.1 Å². The molecule has 0 saturated heterocycles. The lowest BCUT2D eigenvalue weighted by Gasteiger charge is -2.21. The summed E-state index contributed by atoms with van der Waals surface area (Å²) in [5.41, 5.74) is 1.62. The average Bonchev–Trinajstić information content (AvgIpc) is 2.67. The van der Waals surface area contributed by atoms with E-state index in [-0.39, 0.29) is 11.6 Å². The van der Waals surface area contributed by atoms with Gasteiger partial charge in [-0.3, -0.25) is 4.79 Å². The molecule has 0 fully saturated rings. The molecule has 25 heavy (non-hydrogen) atoms. The van der Waals surface area contributed by atoms with E-state index >= 15 is 0 Å². The van der Waals surface area contributed by atoms with E-state index in [0.29, 0.717) is 5.52 Å². The Morgan fingerprint density at radius 3 is 2.40 bits per heavy atom. The number of hydrogen-bond donors (Lipinski definition) is 0. The lowest BCUT2D eigenvalue weighted by Crippen LogP contribution is -2.37. The maximum absolute atomic E-state index is 12.5. The molecule has 2 aromatic carbocycles.